The Balaban J connectivity index is 2.11. The third-order valence-corrected chi connectivity index (χ3v) is 3.71. The zero-order valence-corrected chi connectivity index (χ0v) is 13.9. The van der Waals surface area contributed by atoms with E-state index in [9.17, 15) is 4.79 Å². The highest BCUT2D eigenvalue weighted by Gasteiger charge is 2.16. The summed E-state index contributed by atoms with van der Waals surface area (Å²) in [6.07, 6.45) is -0.532. The highest BCUT2D eigenvalue weighted by molar-refractivity contribution is 6.30. The van der Waals surface area contributed by atoms with Gasteiger partial charge in [0.2, 0.25) is 5.88 Å². The molecule has 0 atom stereocenters. The van der Waals surface area contributed by atoms with E-state index in [0.29, 0.717) is 27.9 Å². The Hall–Kier alpha value is -2.80. The SMILES string of the molecule is COC(=O)NCc1c(-c2ccc(Cl)cc2)nc2ccc(OC)nn12. The van der Waals surface area contributed by atoms with Crippen LogP contribution >= 0.6 is 11.6 Å². The summed E-state index contributed by atoms with van der Waals surface area (Å²) in [5.74, 6) is 0.446. The Bertz CT molecular complexity index is 877. The summed E-state index contributed by atoms with van der Waals surface area (Å²) in [6.45, 7) is 0.200. The van der Waals surface area contributed by atoms with Crippen LogP contribution in [0.5, 0.6) is 5.88 Å². The number of aromatic nitrogens is 3. The molecule has 0 unspecified atom stereocenters. The van der Waals surface area contributed by atoms with Gasteiger partial charge in [0.1, 0.15) is 0 Å². The maximum Gasteiger partial charge on any atom is 0.407 e. The van der Waals surface area contributed by atoms with Gasteiger partial charge in [-0.3, -0.25) is 0 Å². The van der Waals surface area contributed by atoms with Crippen molar-refractivity contribution in [2.24, 2.45) is 0 Å². The first-order chi connectivity index (χ1) is 11.6. The number of alkyl carbamates (subject to hydrolysis) is 1. The fourth-order valence-corrected chi connectivity index (χ4v) is 2.42. The molecule has 8 heteroatoms. The Labute approximate surface area is 143 Å². The van der Waals surface area contributed by atoms with Gasteiger partial charge in [-0.05, 0) is 18.2 Å². The van der Waals surface area contributed by atoms with Crippen LogP contribution in [0.15, 0.2) is 36.4 Å². The molecule has 0 fully saturated rings. The van der Waals surface area contributed by atoms with E-state index in [-0.39, 0.29) is 6.54 Å². The third-order valence-electron chi connectivity index (χ3n) is 3.46. The molecule has 0 aliphatic heterocycles. The molecule has 0 saturated carbocycles. The predicted molar refractivity (Wildman–Crippen MR) is 89.2 cm³/mol. The molecular weight excluding hydrogens is 332 g/mol. The molecule has 2 aromatic heterocycles. The fraction of sp³-hybridized carbons (Fsp3) is 0.188. The molecule has 0 radical (unpaired) electrons. The fourth-order valence-electron chi connectivity index (χ4n) is 2.30. The smallest absolute Gasteiger partial charge is 0.407 e. The number of rotatable bonds is 4. The Morgan fingerprint density at radius 3 is 2.62 bits per heavy atom. The zero-order valence-electron chi connectivity index (χ0n) is 13.1. The number of fused-ring (bicyclic) bond motifs is 1. The van der Waals surface area contributed by atoms with Crippen molar-refractivity contribution < 1.29 is 14.3 Å². The molecule has 0 aliphatic carbocycles. The number of nitrogens with one attached hydrogen (secondary N) is 1. The molecule has 0 aliphatic rings. The van der Waals surface area contributed by atoms with E-state index in [0.717, 1.165) is 5.56 Å². The molecule has 124 valence electrons. The molecule has 1 N–H and O–H groups in total. The van der Waals surface area contributed by atoms with Crippen LogP contribution in [0.1, 0.15) is 5.69 Å². The zero-order chi connectivity index (χ0) is 17.1. The quantitative estimate of drug-likeness (QED) is 0.786. The normalized spacial score (nSPS) is 10.6. The lowest BCUT2D eigenvalue weighted by Crippen LogP contribution is -2.23. The summed E-state index contributed by atoms with van der Waals surface area (Å²) in [5.41, 5.74) is 2.91. The number of carbonyl (C=O) groups is 1. The molecule has 7 nitrogen and oxygen atoms in total. The van der Waals surface area contributed by atoms with Crippen molar-refractivity contribution in [3.05, 3.63) is 47.1 Å². The van der Waals surface area contributed by atoms with Crippen LogP contribution in [0.4, 0.5) is 4.79 Å². The molecule has 24 heavy (non-hydrogen) atoms. The number of nitrogens with zero attached hydrogens (tertiary/aromatic N) is 3. The van der Waals surface area contributed by atoms with Crippen LogP contribution in [0.3, 0.4) is 0 Å². The highest BCUT2D eigenvalue weighted by atomic mass is 35.5. The summed E-state index contributed by atoms with van der Waals surface area (Å²) >= 11 is 5.95. The van der Waals surface area contributed by atoms with Crippen molar-refractivity contribution in [1.29, 1.82) is 0 Å². The molecular formula is C16H15ClN4O3. The number of hydrogen-bond donors (Lipinski definition) is 1. The molecule has 2 heterocycles. The number of hydrogen-bond acceptors (Lipinski definition) is 5. The van der Waals surface area contributed by atoms with Crippen LogP contribution in [0.2, 0.25) is 5.02 Å². The van der Waals surface area contributed by atoms with Gasteiger partial charge in [0.05, 0.1) is 32.2 Å². The average molecular weight is 347 g/mol. The minimum Gasteiger partial charge on any atom is -0.480 e. The number of carbonyl (C=O) groups excluding carboxylic acids is 1. The maximum atomic E-state index is 11.4. The minimum absolute atomic E-state index is 0.200. The van der Waals surface area contributed by atoms with Gasteiger partial charge >= 0.3 is 6.09 Å². The average Bonchev–Trinajstić information content (AvgIpc) is 2.97. The number of benzene rings is 1. The second kappa shape index (κ2) is 6.76. The van der Waals surface area contributed by atoms with Crippen molar-refractivity contribution in [3.8, 4) is 17.1 Å². The van der Waals surface area contributed by atoms with E-state index in [1.165, 1.54) is 14.2 Å². The molecule has 0 spiro atoms. The topological polar surface area (TPSA) is 77.8 Å². The van der Waals surface area contributed by atoms with E-state index in [1.807, 2.05) is 12.1 Å². The number of methoxy groups -OCH3 is 2. The second-order valence-electron chi connectivity index (χ2n) is 4.90. The lowest BCUT2D eigenvalue weighted by molar-refractivity contribution is 0.170. The van der Waals surface area contributed by atoms with Crippen molar-refractivity contribution >= 4 is 23.3 Å². The first-order valence-corrected chi connectivity index (χ1v) is 7.50. The van der Waals surface area contributed by atoms with Gasteiger partial charge in [0, 0.05) is 16.7 Å². The van der Waals surface area contributed by atoms with Crippen LogP contribution in [0, 0.1) is 0 Å². The predicted octanol–water partition coefficient (Wildman–Crippen LogP) is 2.91. The van der Waals surface area contributed by atoms with Gasteiger partial charge in [0.25, 0.3) is 0 Å². The van der Waals surface area contributed by atoms with Gasteiger partial charge in [0.15, 0.2) is 5.65 Å². The van der Waals surface area contributed by atoms with Gasteiger partial charge in [-0.2, -0.15) is 0 Å². The van der Waals surface area contributed by atoms with Crippen molar-refractivity contribution in [2.45, 2.75) is 6.54 Å². The summed E-state index contributed by atoms with van der Waals surface area (Å²) in [5, 5.41) is 7.67. The number of halogens is 1. The Morgan fingerprint density at radius 1 is 1.21 bits per heavy atom. The molecule has 1 amide bonds. The first-order valence-electron chi connectivity index (χ1n) is 7.13. The molecule has 3 rings (SSSR count). The number of imidazole rings is 1. The van der Waals surface area contributed by atoms with E-state index < -0.39 is 6.09 Å². The molecule has 1 aromatic carbocycles. The highest BCUT2D eigenvalue weighted by Crippen LogP contribution is 2.26. The number of ether oxygens (including phenoxy) is 2. The van der Waals surface area contributed by atoms with Crippen LogP contribution in [-0.4, -0.2) is 34.9 Å². The van der Waals surface area contributed by atoms with Crippen molar-refractivity contribution in [3.63, 3.8) is 0 Å². The maximum absolute atomic E-state index is 11.4. The van der Waals surface area contributed by atoms with E-state index in [1.54, 1.807) is 28.8 Å². The Morgan fingerprint density at radius 2 is 1.96 bits per heavy atom. The van der Waals surface area contributed by atoms with Gasteiger partial charge < -0.3 is 14.8 Å². The summed E-state index contributed by atoms with van der Waals surface area (Å²) in [6, 6.07) is 10.8. The summed E-state index contributed by atoms with van der Waals surface area (Å²) < 4.78 is 11.4. The van der Waals surface area contributed by atoms with Crippen molar-refractivity contribution in [2.75, 3.05) is 14.2 Å². The lowest BCUT2D eigenvalue weighted by atomic mass is 10.1. The van der Waals surface area contributed by atoms with E-state index in [2.05, 4.69) is 20.1 Å². The van der Waals surface area contributed by atoms with Gasteiger partial charge in [-0.25, -0.2) is 14.3 Å². The summed E-state index contributed by atoms with van der Waals surface area (Å²) in [4.78, 5) is 16.0. The first kappa shape index (κ1) is 16.1. The minimum atomic E-state index is -0.532. The molecule has 0 saturated heterocycles. The van der Waals surface area contributed by atoms with Gasteiger partial charge in [-0.1, -0.05) is 23.7 Å². The largest absolute Gasteiger partial charge is 0.480 e. The summed E-state index contributed by atoms with van der Waals surface area (Å²) in [7, 11) is 2.85. The second-order valence-corrected chi connectivity index (χ2v) is 5.34. The van der Waals surface area contributed by atoms with E-state index >= 15 is 0 Å². The lowest BCUT2D eigenvalue weighted by Gasteiger charge is -2.07. The Kier molecular flexibility index (Phi) is 4.52. The van der Waals surface area contributed by atoms with Crippen LogP contribution in [-0.2, 0) is 11.3 Å². The molecule has 0 bridgehead atoms. The monoisotopic (exact) mass is 346 g/mol. The van der Waals surface area contributed by atoms with Crippen LogP contribution < -0.4 is 10.1 Å². The van der Waals surface area contributed by atoms with Gasteiger partial charge in [-0.15, -0.1) is 5.10 Å². The van der Waals surface area contributed by atoms with Crippen LogP contribution in [0.25, 0.3) is 16.9 Å². The molecule has 3 aromatic rings. The standard InChI is InChI=1S/C16H15ClN4O3/c1-23-14-8-7-13-19-15(10-3-5-11(17)6-4-10)12(21(13)20-14)9-18-16(22)24-2/h3-8H,9H2,1-2H3,(H,18,22). The third kappa shape index (κ3) is 3.11. The van der Waals surface area contributed by atoms with Crippen molar-refractivity contribution in [1.82, 2.24) is 19.9 Å². The number of amides is 1. The van der Waals surface area contributed by atoms with E-state index in [4.69, 9.17) is 16.3 Å².